The first-order chi connectivity index (χ1) is 15.7. The van der Waals surface area contributed by atoms with Gasteiger partial charge in [-0.2, -0.15) is 5.10 Å². The standard InChI is InChI=1S/C24H26N4O4/c1-2-30-15-19-8-10-28-23(32-19)13-21(27-28)24(29)26-18-12-17-11-16(6-7-22(17)31-14-18)20-5-3-4-9-25-20/h3-7,9,11,13,18-19H,2,8,10,12,14-15H2,1H3,(H,26,29). The summed E-state index contributed by atoms with van der Waals surface area (Å²) in [6.07, 6.45) is 3.26. The highest BCUT2D eigenvalue weighted by molar-refractivity contribution is 5.92. The number of carbonyl (C=O) groups is 1. The van der Waals surface area contributed by atoms with E-state index >= 15 is 0 Å². The van der Waals surface area contributed by atoms with E-state index in [-0.39, 0.29) is 18.1 Å². The van der Waals surface area contributed by atoms with Crippen LogP contribution in [-0.2, 0) is 17.7 Å². The van der Waals surface area contributed by atoms with Crippen LogP contribution in [0.1, 0.15) is 29.4 Å². The average Bonchev–Trinajstić information content (AvgIpc) is 3.26. The molecule has 1 aromatic carbocycles. The van der Waals surface area contributed by atoms with Gasteiger partial charge in [0.2, 0.25) is 5.88 Å². The highest BCUT2D eigenvalue weighted by Gasteiger charge is 2.27. The molecule has 1 N–H and O–H groups in total. The zero-order chi connectivity index (χ0) is 21.9. The van der Waals surface area contributed by atoms with E-state index in [9.17, 15) is 4.79 Å². The van der Waals surface area contributed by atoms with Crippen molar-refractivity contribution in [2.24, 2.45) is 0 Å². The minimum Gasteiger partial charge on any atom is -0.491 e. The van der Waals surface area contributed by atoms with Gasteiger partial charge in [-0.25, -0.2) is 4.68 Å². The van der Waals surface area contributed by atoms with Gasteiger partial charge in [-0.1, -0.05) is 6.07 Å². The second-order valence-electron chi connectivity index (χ2n) is 8.00. The molecule has 1 amide bonds. The lowest BCUT2D eigenvalue weighted by atomic mass is 9.99. The maximum absolute atomic E-state index is 12.9. The molecule has 2 aliphatic rings. The fourth-order valence-corrected chi connectivity index (χ4v) is 4.07. The molecule has 166 valence electrons. The summed E-state index contributed by atoms with van der Waals surface area (Å²) in [6, 6.07) is 13.5. The summed E-state index contributed by atoms with van der Waals surface area (Å²) in [5.74, 6) is 1.23. The van der Waals surface area contributed by atoms with E-state index in [1.165, 1.54) is 0 Å². The number of hydrogen-bond acceptors (Lipinski definition) is 6. The van der Waals surface area contributed by atoms with E-state index in [0.717, 1.165) is 29.0 Å². The normalized spacial score (nSPS) is 19.3. The number of rotatable bonds is 6. The minimum absolute atomic E-state index is 0.00777. The van der Waals surface area contributed by atoms with E-state index in [2.05, 4.69) is 21.5 Å². The summed E-state index contributed by atoms with van der Waals surface area (Å²) in [5, 5.41) is 7.47. The van der Waals surface area contributed by atoms with Crippen LogP contribution in [0.4, 0.5) is 0 Å². The average molecular weight is 434 g/mol. The molecule has 0 bridgehead atoms. The first-order valence-corrected chi connectivity index (χ1v) is 11.0. The molecule has 32 heavy (non-hydrogen) atoms. The number of nitrogens with one attached hydrogen (secondary N) is 1. The molecule has 8 heteroatoms. The zero-order valence-corrected chi connectivity index (χ0v) is 18.0. The molecule has 0 spiro atoms. The highest BCUT2D eigenvalue weighted by atomic mass is 16.5. The molecular weight excluding hydrogens is 408 g/mol. The third-order valence-corrected chi connectivity index (χ3v) is 5.70. The smallest absolute Gasteiger partial charge is 0.272 e. The lowest BCUT2D eigenvalue weighted by Crippen LogP contribution is -2.42. The molecule has 5 rings (SSSR count). The fraction of sp³-hybridized carbons (Fsp3) is 0.375. The van der Waals surface area contributed by atoms with Gasteiger partial charge in [0.15, 0.2) is 5.69 Å². The Hall–Kier alpha value is -3.39. The van der Waals surface area contributed by atoms with Crippen LogP contribution in [0, 0.1) is 0 Å². The SMILES string of the molecule is CCOCC1CCn2nc(C(=O)NC3COc4ccc(-c5ccccn5)cc4C3)cc2O1. The van der Waals surface area contributed by atoms with Gasteiger partial charge >= 0.3 is 0 Å². The Bertz CT molecular complexity index is 1100. The Morgan fingerprint density at radius 2 is 2.22 bits per heavy atom. The van der Waals surface area contributed by atoms with Gasteiger partial charge in [0.05, 0.1) is 18.3 Å². The van der Waals surface area contributed by atoms with Crippen molar-refractivity contribution < 1.29 is 19.0 Å². The van der Waals surface area contributed by atoms with Crippen molar-refractivity contribution in [1.82, 2.24) is 20.1 Å². The molecule has 2 aliphatic heterocycles. The molecule has 0 saturated heterocycles. The summed E-state index contributed by atoms with van der Waals surface area (Å²) in [7, 11) is 0. The number of benzene rings is 1. The number of ether oxygens (including phenoxy) is 3. The van der Waals surface area contributed by atoms with Gasteiger partial charge in [-0.15, -0.1) is 0 Å². The summed E-state index contributed by atoms with van der Waals surface area (Å²) in [6.45, 7) is 4.28. The monoisotopic (exact) mass is 434 g/mol. The molecule has 2 atom stereocenters. The van der Waals surface area contributed by atoms with Gasteiger partial charge in [-0.3, -0.25) is 9.78 Å². The number of hydrogen-bond donors (Lipinski definition) is 1. The van der Waals surface area contributed by atoms with Crippen LogP contribution in [-0.4, -0.2) is 52.6 Å². The molecule has 2 unspecified atom stereocenters. The van der Waals surface area contributed by atoms with Crippen LogP contribution in [0.15, 0.2) is 48.7 Å². The quantitative estimate of drug-likeness (QED) is 0.642. The number of carbonyl (C=O) groups excluding carboxylic acids is 1. The molecular formula is C24H26N4O4. The van der Waals surface area contributed by atoms with Crippen LogP contribution < -0.4 is 14.8 Å². The molecule has 4 heterocycles. The van der Waals surface area contributed by atoms with Crippen LogP contribution in [0.2, 0.25) is 0 Å². The number of amides is 1. The maximum atomic E-state index is 12.9. The third-order valence-electron chi connectivity index (χ3n) is 5.70. The predicted molar refractivity (Wildman–Crippen MR) is 118 cm³/mol. The largest absolute Gasteiger partial charge is 0.491 e. The summed E-state index contributed by atoms with van der Waals surface area (Å²) < 4.78 is 19.0. The number of aryl methyl sites for hydroxylation is 1. The van der Waals surface area contributed by atoms with Gasteiger partial charge in [0.25, 0.3) is 5.91 Å². The third kappa shape index (κ3) is 4.31. The minimum atomic E-state index is -0.227. The second-order valence-corrected chi connectivity index (χ2v) is 8.00. The molecule has 0 radical (unpaired) electrons. The van der Waals surface area contributed by atoms with Crippen molar-refractivity contribution in [3.05, 3.63) is 59.9 Å². The molecule has 0 aliphatic carbocycles. The lowest BCUT2D eigenvalue weighted by molar-refractivity contribution is 0.0309. The highest BCUT2D eigenvalue weighted by Crippen LogP contribution is 2.30. The van der Waals surface area contributed by atoms with Crippen LogP contribution in [0.25, 0.3) is 11.3 Å². The molecule has 0 fully saturated rings. The molecule has 2 aromatic heterocycles. The van der Waals surface area contributed by atoms with Gasteiger partial charge in [0.1, 0.15) is 18.5 Å². The Balaban J connectivity index is 1.25. The topological polar surface area (TPSA) is 87.5 Å². The van der Waals surface area contributed by atoms with Crippen molar-refractivity contribution in [2.75, 3.05) is 19.8 Å². The lowest BCUT2D eigenvalue weighted by Gasteiger charge is -2.26. The van der Waals surface area contributed by atoms with E-state index in [1.807, 2.05) is 37.3 Å². The van der Waals surface area contributed by atoms with E-state index < -0.39 is 0 Å². The Kier molecular flexibility index (Phi) is 5.77. The zero-order valence-electron chi connectivity index (χ0n) is 18.0. The van der Waals surface area contributed by atoms with Gasteiger partial charge in [-0.05, 0) is 49.2 Å². The van der Waals surface area contributed by atoms with Crippen LogP contribution >= 0.6 is 0 Å². The van der Waals surface area contributed by atoms with E-state index in [0.29, 0.717) is 44.4 Å². The van der Waals surface area contributed by atoms with Gasteiger partial charge < -0.3 is 19.5 Å². The fourth-order valence-electron chi connectivity index (χ4n) is 4.07. The van der Waals surface area contributed by atoms with Crippen LogP contribution in [0.5, 0.6) is 11.6 Å². The molecule has 8 nitrogen and oxygen atoms in total. The van der Waals surface area contributed by atoms with Crippen LogP contribution in [0.3, 0.4) is 0 Å². The van der Waals surface area contributed by atoms with Gasteiger partial charge in [0, 0.05) is 37.4 Å². The maximum Gasteiger partial charge on any atom is 0.272 e. The van der Waals surface area contributed by atoms with E-state index in [1.54, 1.807) is 16.9 Å². The van der Waals surface area contributed by atoms with Crippen molar-refractivity contribution in [3.63, 3.8) is 0 Å². The molecule has 3 aromatic rings. The Morgan fingerprint density at radius 1 is 1.28 bits per heavy atom. The first-order valence-electron chi connectivity index (χ1n) is 11.0. The summed E-state index contributed by atoms with van der Waals surface area (Å²) in [4.78, 5) is 17.3. The number of aromatic nitrogens is 3. The second kappa shape index (κ2) is 9.00. The number of nitrogens with zero attached hydrogens (tertiary/aromatic N) is 3. The summed E-state index contributed by atoms with van der Waals surface area (Å²) in [5.41, 5.74) is 3.34. The Labute approximate surface area is 186 Å². The number of fused-ring (bicyclic) bond motifs is 2. The predicted octanol–water partition coefficient (Wildman–Crippen LogP) is 2.87. The van der Waals surface area contributed by atoms with Crippen molar-refractivity contribution >= 4 is 5.91 Å². The van der Waals surface area contributed by atoms with Crippen molar-refractivity contribution in [2.45, 2.75) is 38.5 Å². The summed E-state index contributed by atoms with van der Waals surface area (Å²) >= 11 is 0. The Morgan fingerprint density at radius 3 is 3.06 bits per heavy atom. The first kappa shape index (κ1) is 20.5. The molecule has 0 saturated carbocycles. The van der Waals surface area contributed by atoms with E-state index in [4.69, 9.17) is 14.2 Å². The number of pyridine rings is 1. The van der Waals surface area contributed by atoms with Crippen molar-refractivity contribution in [1.29, 1.82) is 0 Å². The van der Waals surface area contributed by atoms with Crippen molar-refractivity contribution in [3.8, 4) is 22.9 Å².